The lowest BCUT2D eigenvalue weighted by molar-refractivity contribution is 0.400. The molecular formula is C14H19N3. The van der Waals surface area contributed by atoms with Crippen LogP contribution in [-0.2, 0) is 6.42 Å². The molecule has 2 N–H and O–H groups in total. The average molecular weight is 229 g/mol. The van der Waals surface area contributed by atoms with Crippen molar-refractivity contribution in [3.8, 4) is 0 Å². The Balaban J connectivity index is 2.08. The zero-order chi connectivity index (χ0) is 11.8. The second-order valence-corrected chi connectivity index (χ2v) is 5.01. The fourth-order valence-electron chi connectivity index (χ4n) is 2.58. The van der Waals surface area contributed by atoms with E-state index in [-0.39, 0.29) is 0 Å². The van der Waals surface area contributed by atoms with E-state index in [0.717, 1.165) is 12.1 Å². The van der Waals surface area contributed by atoms with E-state index in [1.54, 1.807) is 0 Å². The molecule has 3 nitrogen and oxygen atoms in total. The molecule has 3 heteroatoms. The molecule has 0 saturated heterocycles. The van der Waals surface area contributed by atoms with Crippen LogP contribution in [0.3, 0.4) is 0 Å². The van der Waals surface area contributed by atoms with Crippen LogP contribution in [0.2, 0.25) is 0 Å². The predicted molar refractivity (Wildman–Crippen MR) is 69.3 cm³/mol. The Morgan fingerprint density at radius 3 is 2.94 bits per heavy atom. The summed E-state index contributed by atoms with van der Waals surface area (Å²) in [7, 11) is 0. The van der Waals surface area contributed by atoms with E-state index in [9.17, 15) is 0 Å². The molecule has 0 atom stereocenters. The third-order valence-electron chi connectivity index (χ3n) is 3.82. The second kappa shape index (κ2) is 4.15. The molecular weight excluding hydrogens is 210 g/mol. The summed E-state index contributed by atoms with van der Waals surface area (Å²) in [4.78, 5) is 4.74. The van der Waals surface area contributed by atoms with E-state index in [4.69, 9.17) is 10.7 Å². The number of rotatable bonds is 3. The lowest BCUT2D eigenvalue weighted by Crippen LogP contribution is -2.12. The standard InChI is InChI=1S/C14H19N3/c1-10-13-9-11(5-7-15)6-8-17(13)14(16-10)12-3-2-4-12/h6,8-9,12H,2-5,7,15H2,1H3. The Hall–Kier alpha value is -1.35. The number of aromatic nitrogens is 2. The largest absolute Gasteiger partial charge is 0.330 e. The van der Waals surface area contributed by atoms with Gasteiger partial charge in [-0.15, -0.1) is 0 Å². The van der Waals surface area contributed by atoms with Crippen molar-refractivity contribution in [3.63, 3.8) is 0 Å². The van der Waals surface area contributed by atoms with Crippen LogP contribution >= 0.6 is 0 Å². The van der Waals surface area contributed by atoms with Crippen LogP contribution in [0.15, 0.2) is 18.3 Å². The lowest BCUT2D eigenvalue weighted by Gasteiger charge is -2.24. The van der Waals surface area contributed by atoms with Crippen LogP contribution in [0.25, 0.3) is 5.52 Å². The molecule has 2 aromatic rings. The monoisotopic (exact) mass is 229 g/mol. The summed E-state index contributed by atoms with van der Waals surface area (Å²) < 4.78 is 2.26. The molecule has 0 radical (unpaired) electrons. The number of hydrogen-bond donors (Lipinski definition) is 1. The quantitative estimate of drug-likeness (QED) is 0.878. The molecule has 17 heavy (non-hydrogen) atoms. The van der Waals surface area contributed by atoms with Crippen molar-refractivity contribution in [2.75, 3.05) is 6.54 Å². The van der Waals surface area contributed by atoms with E-state index in [2.05, 4.69) is 29.7 Å². The van der Waals surface area contributed by atoms with Gasteiger partial charge in [0.1, 0.15) is 5.82 Å². The van der Waals surface area contributed by atoms with Gasteiger partial charge >= 0.3 is 0 Å². The normalized spacial score (nSPS) is 16.4. The van der Waals surface area contributed by atoms with Crippen molar-refractivity contribution in [3.05, 3.63) is 35.4 Å². The summed E-state index contributed by atoms with van der Waals surface area (Å²) in [6.07, 6.45) is 7.05. The molecule has 0 unspecified atom stereocenters. The number of nitrogens with zero attached hydrogens (tertiary/aromatic N) is 2. The highest BCUT2D eigenvalue weighted by Gasteiger charge is 2.24. The first kappa shape index (κ1) is 10.8. The zero-order valence-electron chi connectivity index (χ0n) is 10.3. The van der Waals surface area contributed by atoms with Gasteiger partial charge < -0.3 is 10.1 Å². The Bertz CT molecular complexity index is 538. The highest BCUT2D eigenvalue weighted by atomic mass is 15.0. The van der Waals surface area contributed by atoms with Gasteiger partial charge in [-0.25, -0.2) is 4.98 Å². The summed E-state index contributed by atoms with van der Waals surface area (Å²) in [5.41, 5.74) is 9.31. The van der Waals surface area contributed by atoms with Crippen molar-refractivity contribution in [2.24, 2.45) is 5.73 Å². The first-order valence-electron chi connectivity index (χ1n) is 6.47. The Kier molecular flexibility index (Phi) is 2.63. The van der Waals surface area contributed by atoms with Gasteiger partial charge in [-0.1, -0.05) is 6.42 Å². The molecule has 0 aliphatic heterocycles. The molecule has 0 bridgehead atoms. The second-order valence-electron chi connectivity index (χ2n) is 5.01. The van der Waals surface area contributed by atoms with E-state index in [1.807, 2.05) is 0 Å². The van der Waals surface area contributed by atoms with Gasteiger partial charge in [-0.05, 0) is 50.4 Å². The molecule has 1 fully saturated rings. The summed E-state index contributed by atoms with van der Waals surface area (Å²) in [5, 5.41) is 0. The fraction of sp³-hybridized carbons (Fsp3) is 0.500. The third-order valence-corrected chi connectivity index (χ3v) is 3.82. The minimum Gasteiger partial charge on any atom is -0.330 e. The molecule has 1 aliphatic rings. The van der Waals surface area contributed by atoms with E-state index in [0.29, 0.717) is 12.5 Å². The molecule has 2 aromatic heterocycles. The first-order valence-corrected chi connectivity index (χ1v) is 6.47. The smallest absolute Gasteiger partial charge is 0.116 e. The Morgan fingerprint density at radius 1 is 1.47 bits per heavy atom. The van der Waals surface area contributed by atoms with Crippen molar-refractivity contribution in [2.45, 2.75) is 38.5 Å². The molecule has 90 valence electrons. The van der Waals surface area contributed by atoms with E-state index < -0.39 is 0 Å². The third kappa shape index (κ3) is 1.75. The average Bonchev–Trinajstić information content (AvgIpc) is 2.55. The first-order chi connectivity index (χ1) is 8.29. The molecule has 2 heterocycles. The minimum absolute atomic E-state index is 0.677. The predicted octanol–water partition coefficient (Wildman–Crippen LogP) is 2.41. The van der Waals surface area contributed by atoms with Gasteiger partial charge in [0.05, 0.1) is 11.2 Å². The van der Waals surface area contributed by atoms with Crippen LogP contribution in [0, 0.1) is 6.92 Å². The van der Waals surface area contributed by atoms with Crippen LogP contribution < -0.4 is 5.73 Å². The van der Waals surface area contributed by atoms with Crippen LogP contribution in [0.1, 0.15) is 42.3 Å². The summed E-state index contributed by atoms with van der Waals surface area (Å²) in [6.45, 7) is 2.81. The van der Waals surface area contributed by atoms with Gasteiger partial charge in [0.25, 0.3) is 0 Å². The lowest BCUT2D eigenvalue weighted by atomic mass is 9.85. The highest BCUT2D eigenvalue weighted by molar-refractivity contribution is 5.55. The number of aryl methyl sites for hydroxylation is 1. The summed E-state index contributed by atoms with van der Waals surface area (Å²) in [5.74, 6) is 1.93. The number of fused-ring (bicyclic) bond motifs is 1. The molecule has 1 aliphatic carbocycles. The van der Waals surface area contributed by atoms with Crippen LogP contribution in [0.4, 0.5) is 0 Å². The van der Waals surface area contributed by atoms with E-state index in [1.165, 1.54) is 36.2 Å². The SMILES string of the molecule is Cc1nc(C2CCC2)n2ccc(CCN)cc12. The van der Waals surface area contributed by atoms with Crippen LogP contribution in [0.5, 0.6) is 0 Å². The molecule has 0 spiro atoms. The number of pyridine rings is 1. The molecule has 1 saturated carbocycles. The Morgan fingerprint density at radius 2 is 2.29 bits per heavy atom. The maximum absolute atomic E-state index is 5.60. The van der Waals surface area contributed by atoms with Gasteiger partial charge in [-0.3, -0.25) is 0 Å². The van der Waals surface area contributed by atoms with Crippen molar-refractivity contribution in [1.29, 1.82) is 0 Å². The van der Waals surface area contributed by atoms with Gasteiger partial charge in [0.15, 0.2) is 0 Å². The van der Waals surface area contributed by atoms with Gasteiger partial charge in [0, 0.05) is 12.1 Å². The number of nitrogens with two attached hydrogens (primary N) is 1. The van der Waals surface area contributed by atoms with E-state index >= 15 is 0 Å². The maximum atomic E-state index is 5.60. The number of hydrogen-bond acceptors (Lipinski definition) is 2. The summed E-state index contributed by atoms with van der Waals surface area (Å²) in [6, 6.07) is 4.40. The number of imidazole rings is 1. The van der Waals surface area contributed by atoms with Crippen molar-refractivity contribution < 1.29 is 0 Å². The highest BCUT2D eigenvalue weighted by Crippen LogP contribution is 2.36. The van der Waals surface area contributed by atoms with Crippen molar-refractivity contribution >= 4 is 5.52 Å². The van der Waals surface area contributed by atoms with Crippen LogP contribution in [-0.4, -0.2) is 15.9 Å². The van der Waals surface area contributed by atoms with Gasteiger partial charge in [0.2, 0.25) is 0 Å². The minimum atomic E-state index is 0.677. The fourth-order valence-corrected chi connectivity index (χ4v) is 2.58. The molecule has 3 rings (SSSR count). The Labute approximate surface area is 102 Å². The zero-order valence-corrected chi connectivity index (χ0v) is 10.3. The topological polar surface area (TPSA) is 43.3 Å². The van der Waals surface area contributed by atoms with Crippen molar-refractivity contribution in [1.82, 2.24) is 9.38 Å². The van der Waals surface area contributed by atoms with Gasteiger partial charge in [-0.2, -0.15) is 0 Å². The maximum Gasteiger partial charge on any atom is 0.116 e. The molecule has 0 amide bonds. The molecule has 0 aromatic carbocycles. The summed E-state index contributed by atoms with van der Waals surface area (Å²) >= 11 is 0.